The number of nitrogens with one attached hydrogen (secondary N) is 1. The van der Waals surface area contributed by atoms with E-state index in [-0.39, 0.29) is 12.5 Å². The fourth-order valence-electron chi connectivity index (χ4n) is 2.87. The van der Waals surface area contributed by atoms with Gasteiger partial charge in [0.25, 0.3) is 0 Å². The summed E-state index contributed by atoms with van der Waals surface area (Å²) in [5, 5.41) is 3.11. The SMILES string of the molecule is CC(C)(C)OC(=O)CNCc1ccc(C2CCC(=O)CC2)cc1. The highest BCUT2D eigenvalue weighted by atomic mass is 16.6. The van der Waals surface area contributed by atoms with Gasteiger partial charge in [0.15, 0.2) is 0 Å². The molecule has 1 N–H and O–H groups in total. The largest absolute Gasteiger partial charge is 0.459 e. The minimum absolute atomic E-state index is 0.212. The molecule has 1 aliphatic carbocycles. The first-order valence-electron chi connectivity index (χ1n) is 8.36. The molecule has 23 heavy (non-hydrogen) atoms. The second-order valence-electron chi connectivity index (χ2n) is 7.24. The second kappa shape index (κ2) is 7.73. The number of carbonyl (C=O) groups excluding carboxylic acids is 2. The lowest BCUT2D eigenvalue weighted by molar-refractivity contribution is -0.153. The third kappa shape index (κ3) is 6.14. The molecule has 0 aliphatic heterocycles. The van der Waals surface area contributed by atoms with E-state index < -0.39 is 5.60 Å². The van der Waals surface area contributed by atoms with Crippen molar-refractivity contribution in [1.82, 2.24) is 5.32 Å². The van der Waals surface area contributed by atoms with Gasteiger partial charge in [-0.3, -0.25) is 9.59 Å². The average Bonchev–Trinajstić information content (AvgIpc) is 2.47. The molecule has 0 heterocycles. The first-order chi connectivity index (χ1) is 10.8. The maximum atomic E-state index is 11.6. The van der Waals surface area contributed by atoms with Gasteiger partial charge < -0.3 is 10.1 Å². The van der Waals surface area contributed by atoms with Crippen molar-refractivity contribution in [2.75, 3.05) is 6.54 Å². The van der Waals surface area contributed by atoms with E-state index in [4.69, 9.17) is 4.74 Å². The summed E-state index contributed by atoms with van der Waals surface area (Å²) >= 11 is 0. The van der Waals surface area contributed by atoms with Crippen LogP contribution in [0, 0.1) is 0 Å². The fraction of sp³-hybridized carbons (Fsp3) is 0.579. The zero-order chi connectivity index (χ0) is 16.9. The van der Waals surface area contributed by atoms with Gasteiger partial charge in [-0.1, -0.05) is 24.3 Å². The highest BCUT2D eigenvalue weighted by molar-refractivity contribution is 5.79. The highest BCUT2D eigenvalue weighted by Gasteiger charge is 2.20. The zero-order valence-corrected chi connectivity index (χ0v) is 14.4. The number of carbonyl (C=O) groups is 2. The number of hydrogen-bond acceptors (Lipinski definition) is 4. The smallest absolute Gasteiger partial charge is 0.320 e. The minimum Gasteiger partial charge on any atom is -0.459 e. The molecule has 4 heteroatoms. The summed E-state index contributed by atoms with van der Waals surface area (Å²) in [5.41, 5.74) is 2.01. The van der Waals surface area contributed by atoms with E-state index in [1.54, 1.807) is 0 Å². The molecule has 126 valence electrons. The van der Waals surface area contributed by atoms with Gasteiger partial charge in [0.05, 0.1) is 6.54 Å². The first kappa shape index (κ1) is 17.7. The summed E-state index contributed by atoms with van der Waals surface area (Å²) in [6.45, 7) is 6.44. The van der Waals surface area contributed by atoms with Gasteiger partial charge in [0.1, 0.15) is 11.4 Å². The van der Waals surface area contributed by atoms with Crippen LogP contribution in [-0.2, 0) is 20.9 Å². The Balaban J connectivity index is 1.77. The third-order valence-electron chi connectivity index (χ3n) is 4.01. The summed E-state index contributed by atoms with van der Waals surface area (Å²) in [5.74, 6) is 0.668. The molecule has 0 unspecified atom stereocenters. The number of ether oxygens (including phenoxy) is 1. The molecule has 1 aliphatic rings. The fourth-order valence-corrected chi connectivity index (χ4v) is 2.87. The van der Waals surface area contributed by atoms with Crippen molar-refractivity contribution in [2.45, 2.75) is 64.5 Å². The van der Waals surface area contributed by atoms with Crippen molar-refractivity contribution in [3.05, 3.63) is 35.4 Å². The Kier molecular flexibility index (Phi) is 5.94. The summed E-state index contributed by atoms with van der Waals surface area (Å²) in [6.07, 6.45) is 3.36. The predicted molar refractivity (Wildman–Crippen MR) is 90.2 cm³/mol. The number of ketones is 1. The minimum atomic E-state index is -0.443. The molecule has 0 radical (unpaired) electrons. The van der Waals surface area contributed by atoms with E-state index in [0.717, 1.165) is 18.4 Å². The maximum absolute atomic E-state index is 11.6. The van der Waals surface area contributed by atoms with Crippen molar-refractivity contribution in [3.63, 3.8) is 0 Å². The number of Topliss-reactive ketones (excluding diaryl/α,β-unsaturated/α-hetero) is 1. The lowest BCUT2D eigenvalue weighted by Gasteiger charge is -2.21. The summed E-state index contributed by atoms with van der Waals surface area (Å²) in [7, 11) is 0. The van der Waals surface area contributed by atoms with E-state index in [9.17, 15) is 9.59 Å². The molecular formula is C19H27NO3. The van der Waals surface area contributed by atoms with E-state index >= 15 is 0 Å². The third-order valence-corrected chi connectivity index (χ3v) is 4.01. The number of benzene rings is 1. The van der Waals surface area contributed by atoms with Crippen molar-refractivity contribution in [1.29, 1.82) is 0 Å². The summed E-state index contributed by atoms with van der Waals surface area (Å²) < 4.78 is 5.25. The van der Waals surface area contributed by atoms with Crippen LogP contribution in [0.3, 0.4) is 0 Å². The van der Waals surface area contributed by atoms with Gasteiger partial charge in [-0.2, -0.15) is 0 Å². The molecule has 0 amide bonds. The Bertz CT molecular complexity index is 533. The lowest BCUT2D eigenvalue weighted by Crippen LogP contribution is -2.31. The van der Waals surface area contributed by atoms with Crippen molar-refractivity contribution < 1.29 is 14.3 Å². The molecule has 4 nitrogen and oxygen atoms in total. The van der Waals surface area contributed by atoms with Crippen LogP contribution >= 0.6 is 0 Å². The van der Waals surface area contributed by atoms with Gasteiger partial charge in [0.2, 0.25) is 0 Å². The molecule has 1 aromatic carbocycles. The van der Waals surface area contributed by atoms with Gasteiger partial charge in [-0.25, -0.2) is 0 Å². The van der Waals surface area contributed by atoms with Crippen LogP contribution in [0.25, 0.3) is 0 Å². The van der Waals surface area contributed by atoms with Gasteiger partial charge >= 0.3 is 5.97 Å². The first-order valence-corrected chi connectivity index (χ1v) is 8.36. The molecule has 1 saturated carbocycles. The van der Waals surface area contributed by atoms with Crippen LogP contribution in [0.5, 0.6) is 0 Å². The lowest BCUT2D eigenvalue weighted by atomic mass is 9.83. The van der Waals surface area contributed by atoms with Crippen LogP contribution in [-0.4, -0.2) is 23.9 Å². The zero-order valence-electron chi connectivity index (χ0n) is 14.4. The van der Waals surface area contributed by atoms with Crippen molar-refractivity contribution >= 4 is 11.8 Å². The molecule has 0 saturated heterocycles. The van der Waals surface area contributed by atoms with Crippen molar-refractivity contribution in [3.8, 4) is 0 Å². The van der Waals surface area contributed by atoms with Crippen LogP contribution in [0.15, 0.2) is 24.3 Å². The monoisotopic (exact) mass is 317 g/mol. The Hall–Kier alpha value is -1.68. The van der Waals surface area contributed by atoms with Gasteiger partial charge in [-0.05, 0) is 50.7 Å². The Morgan fingerprint density at radius 2 is 1.78 bits per heavy atom. The quantitative estimate of drug-likeness (QED) is 0.846. The molecule has 1 aromatic rings. The molecule has 2 rings (SSSR count). The molecule has 0 bridgehead atoms. The molecule has 0 aromatic heterocycles. The highest BCUT2D eigenvalue weighted by Crippen LogP contribution is 2.31. The Morgan fingerprint density at radius 1 is 1.17 bits per heavy atom. The van der Waals surface area contributed by atoms with Crippen molar-refractivity contribution in [2.24, 2.45) is 0 Å². The molecule has 0 atom stereocenters. The van der Waals surface area contributed by atoms with Crippen LogP contribution < -0.4 is 5.32 Å². The molecule has 1 fully saturated rings. The summed E-state index contributed by atoms with van der Waals surface area (Å²) in [4.78, 5) is 22.9. The average molecular weight is 317 g/mol. The molecular weight excluding hydrogens is 290 g/mol. The van der Waals surface area contributed by atoms with E-state index in [2.05, 4.69) is 29.6 Å². The second-order valence-corrected chi connectivity index (χ2v) is 7.24. The van der Waals surface area contributed by atoms with E-state index in [0.29, 0.717) is 31.1 Å². The Morgan fingerprint density at radius 3 is 2.35 bits per heavy atom. The molecule has 0 spiro atoms. The number of esters is 1. The van der Waals surface area contributed by atoms with Gasteiger partial charge in [-0.15, -0.1) is 0 Å². The number of hydrogen-bond donors (Lipinski definition) is 1. The van der Waals surface area contributed by atoms with Crippen LogP contribution in [0.4, 0.5) is 0 Å². The topological polar surface area (TPSA) is 55.4 Å². The number of rotatable bonds is 5. The standard InChI is InChI=1S/C19H27NO3/c1-19(2,3)23-18(22)13-20-12-14-4-6-15(7-5-14)16-8-10-17(21)11-9-16/h4-7,16,20H,8-13H2,1-3H3. The normalized spacial score (nSPS) is 16.4. The predicted octanol–water partition coefficient (Wildman–Crippen LogP) is 3.34. The Labute approximate surface area is 138 Å². The van der Waals surface area contributed by atoms with Crippen LogP contribution in [0.1, 0.15) is 63.5 Å². The van der Waals surface area contributed by atoms with E-state index in [1.807, 2.05) is 20.8 Å². The summed E-state index contributed by atoms with van der Waals surface area (Å²) in [6, 6.07) is 8.47. The maximum Gasteiger partial charge on any atom is 0.320 e. The van der Waals surface area contributed by atoms with E-state index in [1.165, 1.54) is 5.56 Å². The van der Waals surface area contributed by atoms with Gasteiger partial charge in [0, 0.05) is 19.4 Å². The van der Waals surface area contributed by atoms with Crippen LogP contribution in [0.2, 0.25) is 0 Å².